The molecule has 1 aromatic heterocycles. The van der Waals surface area contributed by atoms with E-state index in [0.29, 0.717) is 23.8 Å². The number of hydrazine groups is 1. The largest absolute Gasteiger partial charge is 0.493 e. The molecule has 20 heavy (non-hydrogen) atoms. The van der Waals surface area contributed by atoms with Crippen molar-refractivity contribution in [2.45, 2.75) is 13.5 Å². The molecule has 0 aliphatic heterocycles. The summed E-state index contributed by atoms with van der Waals surface area (Å²) in [6.45, 7) is 2.38. The number of hydrogen-bond acceptors (Lipinski definition) is 5. The van der Waals surface area contributed by atoms with Crippen molar-refractivity contribution in [2.75, 3.05) is 17.9 Å². The molecule has 0 saturated heterocycles. The van der Waals surface area contributed by atoms with Crippen LogP contribution in [0.25, 0.3) is 0 Å². The smallest absolute Gasteiger partial charge is 0.170 e. The number of nitrogen functional groups attached to an aromatic ring is 1. The maximum atomic E-state index is 6.09. The van der Waals surface area contributed by atoms with Gasteiger partial charge >= 0.3 is 0 Å². The molecular formula is C14H17BrN4O. The molecule has 0 saturated carbocycles. The highest BCUT2D eigenvalue weighted by atomic mass is 79.9. The minimum Gasteiger partial charge on any atom is -0.493 e. The third-order valence-corrected chi connectivity index (χ3v) is 3.88. The Hall–Kier alpha value is -1.79. The lowest BCUT2D eigenvalue weighted by Gasteiger charge is -2.22. The maximum Gasteiger partial charge on any atom is 0.170 e. The first-order valence-electron chi connectivity index (χ1n) is 6.10. The van der Waals surface area contributed by atoms with Crippen molar-refractivity contribution < 1.29 is 4.74 Å². The third kappa shape index (κ3) is 2.86. The molecule has 0 bridgehead atoms. The van der Waals surface area contributed by atoms with Crippen LogP contribution in [0.1, 0.15) is 11.3 Å². The zero-order valence-corrected chi connectivity index (χ0v) is 13.0. The normalized spacial score (nSPS) is 10.4. The van der Waals surface area contributed by atoms with Gasteiger partial charge in [-0.15, -0.1) is 0 Å². The first kappa shape index (κ1) is 14.6. The summed E-state index contributed by atoms with van der Waals surface area (Å²) in [5, 5.41) is 1.52. The maximum absolute atomic E-state index is 6.09. The standard InChI is InChI=1S/C14H17BrN4O/c1-9-11(15)13(20-2)12(16)14(18-9)19(17)8-10-6-4-3-5-7-10/h3-7H,8,16-17H2,1-2H3. The Bertz CT molecular complexity index is 604. The average Bonchev–Trinajstić information content (AvgIpc) is 2.44. The lowest BCUT2D eigenvalue weighted by atomic mass is 10.2. The number of anilines is 2. The molecule has 0 spiro atoms. The summed E-state index contributed by atoms with van der Waals surface area (Å²) >= 11 is 3.41. The second kappa shape index (κ2) is 6.11. The van der Waals surface area contributed by atoms with Gasteiger partial charge in [-0.25, -0.2) is 10.8 Å². The van der Waals surface area contributed by atoms with Crippen LogP contribution in [-0.4, -0.2) is 12.1 Å². The van der Waals surface area contributed by atoms with E-state index in [1.807, 2.05) is 37.3 Å². The molecule has 4 N–H and O–H groups in total. The topological polar surface area (TPSA) is 77.4 Å². The molecule has 0 unspecified atom stereocenters. The zero-order chi connectivity index (χ0) is 14.7. The van der Waals surface area contributed by atoms with Crippen LogP contribution < -0.4 is 21.3 Å². The van der Waals surface area contributed by atoms with Gasteiger partial charge in [0, 0.05) is 0 Å². The highest BCUT2D eigenvalue weighted by molar-refractivity contribution is 9.10. The van der Waals surface area contributed by atoms with E-state index >= 15 is 0 Å². The van der Waals surface area contributed by atoms with E-state index in [1.54, 1.807) is 7.11 Å². The second-order valence-electron chi connectivity index (χ2n) is 4.40. The lowest BCUT2D eigenvalue weighted by molar-refractivity contribution is 0.413. The van der Waals surface area contributed by atoms with Gasteiger partial charge in [0.25, 0.3) is 0 Å². The highest BCUT2D eigenvalue weighted by Crippen LogP contribution is 2.38. The molecule has 5 nitrogen and oxygen atoms in total. The number of benzene rings is 1. The Morgan fingerprint density at radius 1 is 1.30 bits per heavy atom. The predicted octanol–water partition coefficient (Wildman–Crippen LogP) is 2.62. The molecule has 0 aliphatic carbocycles. The Labute approximate surface area is 126 Å². The Balaban J connectivity index is 2.35. The Kier molecular flexibility index (Phi) is 4.46. The number of nitrogens with zero attached hydrogens (tertiary/aromatic N) is 2. The van der Waals surface area contributed by atoms with Gasteiger partial charge in [-0.1, -0.05) is 30.3 Å². The van der Waals surface area contributed by atoms with E-state index in [9.17, 15) is 0 Å². The monoisotopic (exact) mass is 336 g/mol. The molecule has 1 heterocycles. The van der Waals surface area contributed by atoms with Gasteiger partial charge in [-0.05, 0) is 28.4 Å². The van der Waals surface area contributed by atoms with Crippen LogP contribution >= 0.6 is 15.9 Å². The van der Waals surface area contributed by atoms with E-state index in [4.69, 9.17) is 16.3 Å². The van der Waals surface area contributed by atoms with Crippen molar-refractivity contribution in [1.29, 1.82) is 0 Å². The number of hydrogen-bond donors (Lipinski definition) is 2. The fourth-order valence-corrected chi connectivity index (χ4v) is 2.39. The first-order valence-corrected chi connectivity index (χ1v) is 6.89. The first-order chi connectivity index (χ1) is 9.54. The van der Waals surface area contributed by atoms with Gasteiger partial charge in [0.1, 0.15) is 5.69 Å². The molecule has 0 atom stereocenters. The summed E-state index contributed by atoms with van der Waals surface area (Å²) in [5.41, 5.74) is 8.35. The van der Waals surface area contributed by atoms with Crippen LogP contribution in [0.5, 0.6) is 5.75 Å². The lowest BCUT2D eigenvalue weighted by Crippen LogP contribution is -2.32. The molecule has 6 heteroatoms. The van der Waals surface area contributed by atoms with E-state index in [-0.39, 0.29) is 0 Å². The van der Waals surface area contributed by atoms with Gasteiger partial charge in [-0.3, -0.25) is 5.01 Å². The van der Waals surface area contributed by atoms with E-state index in [0.717, 1.165) is 15.7 Å². The second-order valence-corrected chi connectivity index (χ2v) is 5.19. The van der Waals surface area contributed by atoms with Crippen molar-refractivity contribution in [2.24, 2.45) is 5.84 Å². The molecule has 1 aromatic carbocycles. The highest BCUT2D eigenvalue weighted by Gasteiger charge is 2.18. The number of aryl methyl sites for hydroxylation is 1. The van der Waals surface area contributed by atoms with Crippen LogP contribution in [0.3, 0.4) is 0 Å². The van der Waals surface area contributed by atoms with Crippen molar-refractivity contribution >= 4 is 27.4 Å². The molecule has 0 amide bonds. The minimum absolute atomic E-state index is 0.420. The summed E-state index contributed by atoms with van der Waals surface area (Å²) in [7, 11) is 1.57. The number of rotatable bonds is 4. The summed E-state index contributed by atoms with van der Waals surface area (Å²) in [6, 6.07) is 9.89. The number of aromatic nitrogens is 1. The zero-order valence-electron chi connectivity index (χ0n) is 11.4. The van der Waals surface area contributed by atoms with Crippen molar-refractivity contribution in [3.63, 3.8) is 0 Å². The van der Waals surface area contributed by atoms with Gasteiger partial charge in [0.2, 0.25) is 0 Å². The third-order valence-electron chi connectivity index (χ3n) is 2.95. The summed E-state index contributed by atoms with van der Waals surface area (Å²) in [5.74, 6) is 7.15. The number of methoxy groups -OCH3 is 1. The summed E-state index contributed by atoms with van der Waals surface area (Å²) in [6.07, 6.45) is 0. The Morgan fingerprint density at radius 2 is 1.95 bits per heavy atom. The van der Waals surface area contributed by atoms with E-state index < -0.39 is 0 Å². The Morgan fingerprint density at radius 3 is 2.55 bits per heavy atom. The fraction of sp³-hybridized carbons (Fsp3) is 0.214. The molecule has 2 aromatic rings. The molecular weight excluding hydrogens is 320 g/mol. The average molecular weight is 337 g/mol. The predicted molar refractivity (Wildman–Crippen MR) is 84.5 cm³/mol. The molecule has 2 rings (SSSR count). The number of pyridine rings is 1. The minimum atomic E-state index is 0.420. The fourth-order valence-electron chi connectivity index (χ4n) is 1.93. The quantitative estimate of drug-likeness (QED) is 0.662. The summed E-state index contributed by atoms with van der Waals surface area (Å²) in [4.78, 5) is 4.43. The molecule has 0 aliphatic rings. The van der Waals surface area contributed by atoms with Gasteiger partial charge in [0.05, 0.1) is 23.8 Å². The van der Waals surface area contributed by atoms with E-state index in [1.165, 1.54) is 5.01 Å². The van der Waals surface area contributed by atoms with Gasteiger partial charge < -0.3 is 10.5 Å². The van der Waals surface area contributed by atoms with Gasteiger partial charge in [-0.2, -0.15) is 0 Å². The van der Waals surface area contributed by atoms with Crippen LogP contribution in [0.4, 0.5) is 11.5 Å². The van der Waals surface area contributed by atoms with Crippen molar-refractivity contribution in [3.8, 4) is 5.75 Å². The SMILES string of the molecule is COc1c(N)c(N(N)Cc2ccccc2)nc(C)c1Br. The molecule has 106 valence electrons. The van der Waals surface area contributed by atoms with Gasteiger partial charge in [0.15, 0.2) is 11.6 Å². The molecule has 0 radical (unpaired) electrons. The van der Waals surface area contributed by atoms with Crippen molar-refractivity contribution in [1.82, 2.24) is 4.98 Å². The van der Waals surface area contributed by atoms with Crippen LogP contribution in [0.2, 0.25) is 0 Å². The van der Waals surface area contributed by atoms with Crippen LogP contribution in [-0.2, 0) is 6.54 Å². The van der Waals surface area contributed by atoms with Crippen molar-refractivity contribution in [3.05, 3.63) is 46.1 Å². The molecule has 0 fully saturated rings. The van der Waals surface area contributed by atoms with E-state index in [2.05, 4.69) is 20.9 Å². The number of halogens is 1. The number of nitrogens with two attached hydrogens (primary N) is 2. The summed E-state index contributed by atoms with van der Waals surface area (Å²) < 4.78 is 6.05. The van der Waals surface area contributed by atoms with Crippen LogP contribution in [0, 0.1) is 6.92 Å². The number of ether oxygens (including phenoxy) is 1. The van der Waals surface area contributed by atoms with Crippen LogP contribution in [0.15, 0.2) is 34.8 Å².